The summed E-state index contributed by atoms with van der Waals surface area (Å²) in [5.74, 6) is -0.281. The van der Waals surface area contributed by atoms with Gasteiger partial charge in [-0.2, -0.15) is 0 Å². The zero-order valence-corrected chi connectivity index (χ0v) is 16.0. The topological polar surface area (TPSA) is 58.6 Å². The molecule has 1 aliphatic rings. The number of nitrogens with zero attached hydrogens (tertiary/aromatic N) is 1. The van der Waals surface area contributed by atoms with E-state index in [0.29, 0.717) is 5.41 Å². The molecular formula is C20H30N2O3. The molecule has 1 heterocycles. The number of methoxy groups -OCH3 is 1. The van der Waals surface area contributed by atoms with Crippen LogP contribution in [-0.4, -0.2) is 37.1 Å². The van der Waals surface area contributed by atoms with E-state index in [1.165, 1.54) is 7.11 Å². The smallest absolute Gasteiger partial charge is 0.321 e. The maximum Gasteiger partial charge on any atom is 0.321 e. The first-order valence-corrected chi connectivity index (χ1v) is 8.91. The number of ether oxygens (including phenoxy) is 1. The van der Waals surface area contributed by atoms with Gasteiger partial charge < -0.3 is 15.0 Å². The Morgan fingerprint density at radius 1 is 1.12 bits per heavy atom. The highest BCUT2D eigenvalue weighted by molar-refractivity contribution is 5.89. The molecule has 2 rings (SSSR count). The number of carbonyl (C=O) groups is 2. The largest absolute Gasteiger partial charge is 0.468 e. The van der Waals surface area contributed by atoms with Crippen molar-refractivity contribution in [3.05, 3.63) is 29.8 Å². The molecule has 0 aliphatic carbocycles. The molecule has 5 heteroatoms. The minimum Gasteiger partial charge on any atom is -0.468 e. The van der Waals surface area contributed by atoms with Crippen LogP contribution in [0, 0.1) is 5.41 Å². The molecule has 0 saturated carbocycles. The number of rotatable bonds is 3. The van der Waals surface area contributed by atoms with E-state index in [2.05, 4.69) is 19.2 Å². The van der Waals surface area contributed by atoms with Gasteiger partial charge in [-0.3, -0.25) is 4.79 Å². The lowest BCUT2D eigenvalue weighted by atomic mass is 9.85. The molecule has 1 N–H and O–H groups in total. The molecule has 1 aromatic carbocycles. The number of amides is 2. The number of esters is 1. The van der Waals surface area contributed by atoms with Crippen LogP contribution in [0.1, 0.15) is 52.5 Å². The molecule has 0 bridgehead atoms. The van der Waals surface area contributed by atoms with Crippen LogP contribution < -0.4 is 5.32 Å². The van der Waals surface area contributed by atoms with Crippen LogP contribution >= 0.6 is 0 Å². The first-order valence-electron chi connectivity index (χ1n) is 8.91. The van der Waals surface area contributed by atoms with E-state index in [1.807, 2.05) is 43.0 Å². The van der Waals surface area contributed by atoms with Crippen molar-refractivity contribution < 1.29 is 14.3 Å². The number of anilines is 1. The average Bonchev–Trinajstić information content (AvgIpc) is 2.75. The molecule has 2 amide bonds. The molecule has 138 valence electrons. The third kappa shape index (κ3) is 4.74. The number of benzene rings is 1. The van der Waals surface area contributed by atoms with Gasteiger partial charge in [-0.15, -0.1) is 0 Å². The van der Waals surface area contributed by atoms with Crippen LogP contribution in [0.3, 0.4) is 0 Å². The molecule has 0 radical (unpaired) electrons. The number of nitrogens with one attached hydrogen (secondary N) is 1. The lowest BCUT2D eigenvalue weighted by Crippen LogP contribution is -2.36. The summed E-state index contributed by atoms with van der Waals surface area (Å²) in [6.07, 6.45) is 3.20. The molecule has 1 aromatic rings. The standard InChI is InChI=1S/C20H30N2O3/c1-19(2)11-6-13-22(14-12-19)18(24)21-16-9-7-15(8-10-16)20(3,4)17(23)25-5/h7-10H,6,11-14H2,1-5H3,(H,21,24). The summed E-state index contributed by atoms with van der Waals surface area (Å²) < 4.78 is 4.86. The molecular weight excluding hydrogens is 316 g/mol. The van der Waals surface area contributed by atoms with Crippen molar-refractivity contribution in [1.29, 1.82) is 0 Å². The first-order chi connectivity index (χ1) is 11.7. The Kier molecular flexibility index (Phi) is 5.76. The fourth-order valence-electron chi connectivity index (χ4n) is 3.17. The van der Waals surface area contributed by atoms with Gasteiger partial charge in [0.15, 0.2) is 0 Å². The fraction of sp³-hybridized carbons (Fsp3) is 0.600. The van der Waals surface area contributed by atoms with Crippen LogP contribution in [0.5, 0.6) is 0 Å². The second kappa shape index (κ2) is 7.46. The molecule has 0 spiro atoms. The number of hydrogen-bond donors (Lipinski definition) is 1. The Morgan fingerprint density at radius 2 is 1.76 bits per heavy atom. The minimum atomic E-state index is -0.715. The first kappa shape index (κ1) is 19.3. The molecule has 0 atom stereocenters. The minimum absolute atomic E-state index is 0.0577. The predicted octanol–water partition coefficient (Wildman–Crippen LogP) is 4.18. The van der Waals surface area contributed by atoms with Gasteiger partial charge in [-0.25, -0.2) is 4.79 Å². The van der Waals surface area contributed by atoms with Crippen LogP contribution in [0.25, 0.3) is 0 Å². The van der Waals surface area contributed by atoms with E-state index in [9.17, 15) is 9.59 Å². The van der Waals surface area contributed by atoms with Gasteiger partial charge in [-0.1, -0.05) is 26.0 Å². The molecule has 1 fully saturated rings. The van der Waals surface area contributed by atoms with E-state index in [0.717, 1.165) is 43.6 Å². The Bertz CT molecular complexity index is 620. The van der Waals surface area contributed by atoms with Gasteiger partial charge in [0.05, 0.1) is 12.5 Å². The summed E-state index contributed by atoms with van der Waals surface area (Å²) in [6.45, 7) is 9.75. The van der Waals surface area contributed by atoms with Crippen molar-refractivity contribution in [1.82, 2.24) is 4.90 Å². The van der Waals surface area contributed by atoms with Gasteiger partial charge in [0, 0.05) is 18.8 Å². The monoisotopic (exact) mass is 346 g/mol. The van der Waals surface area contributed by atoms with Crippen molar-refractivity contribution >= 4 is 17.7 Å². The van der Waals surface area contributed by atoms with E-state index >= 15 is 0 Å². The molecule has 0 unspecified atom stereocenters. The van der Waals surface area contributed by atoms with Crippen LogP contribution in [0.2, 0.25) is 0 Å². The van der Waals surface area contributed by atoms with Crippen LogP contribution in [-0.2, 0) is 14.9 Å². The maximum absolute atomic E-state index is 12.5. The number of likely N-dealkylation sites (tertiary alicyclic amines) is 1. The molecule has 1 aliphatic heterocycles. The Hall–Kier alpha value is -2.04. The van der Waals surface area contributed by atoms with E-state index < -0.39 is 5.41 Å². The zero-order chi connectivity index (χ0) is 18.7. The van der Waals surface area contributed by atoms with Gasteiger partial charge >= 0.3 is 12.0 Å². The highest BCUT2D eigenvalue weighted by atomic mass is 16.5. The summed E-state index contributed by atoms with van der Waals surface area (Å²) >= 11 is 0. The summed E-state index contributed by atoms with van der Waals surface area (Å²) in [4.78, 5) is 26.3. The SMILES string of the molecule is COC(=O)C(C)(C)c1ccc(NC(=O)N2CCCC(C)(C)CC2)cc1. The number of carbonyl (C=O) groups excluding carboxylic acids is 2. The molecule has 5 nitrogen and oxygen atoms in total. The van der Waals surface area contributed by atoms with Gasteiger partial charge in [-0.05, 0) is 56.2 Å². The quantitative estimate of drug-likeness (QED) is 0.835. The third-order valence-corrected chi connectivity index (χ3v) is 5.18. The molecule has 25 heavy (non-hydrogen) atoms. The summed E-state index contributed by atoms with van der Waals surface area (Å²) in [5.41, 5.74) is 1.18. The van der Waals surface area contributed by atoms with Crippen LogP contribution in [0.4, 0.5) is 10.5 Å². The van der Waals surface area contributed by atoms with E-state index in [4.69, 9.17) is 4.74 Å². The van der Waals surface area contributed by atoms with Crippen molar-refractivity contribution in [2.75, 3.05) is 25.5 Å². The second-order valence-electron chi connectivity index (χ2n) is 8.13. The van der Waals surface area contributed by atoms with Crippen molar-refractivity contribution in [3.63, 3.8) is 0 Å². The number of hydrogen-bond acceptors (Lipinski definition) is 3. The van der Waals surface area contributed by atoms with E-state index in [-0.39, 0.29) is 12.0 Å². The highest BCUT2D eigenvalue weighted by Crippen LogP contribution is 2.30. The average molecular weight is 346 g/mol. The summed E-state index contributed by atoms with van der Waals surface area (Å²) in [6, 6.07) is 7.33. The number of urea groups is 1. The van der Waals surface area contributed by atoms with Gasteiger partial charge in [0.25, 0.3) is 0 Å². The molecule has 0 aromatic heterocycles. The summed E-state index contributed by atoms with van der Waals surface area (Å²) in [7, 11) is 1.39. The summed E-state index contributed by atoms with van der Waals surface area (Å²) in [5, 5.41) is 2.96. The van der Waals surface area contributed by atoms with E-state index in [1.54, 1.807) is 0 Å². The van der Waals surface area contributed by atoms with Gasteiger partial charge in [0.2, 0.25) is 0 Å². The third-order valence-electron chi connectivity index (χ3n) is 5.18. The highest BCUT2D eigenvalue weighted by Gasteiger charge is 2.31. The Morgan fingerprint density at radius 3 is 2.36 bits per heavy atom. The predicted molar refractivity (Wildman–Crippen MR) is 99.7 cm³/mol. The van der Waals surface area contributed by atoms with Crippen molar-refractivity contribution in [2.24, 2.45) is 5.41 Å². The van der Waals surface area contributed by atoms with Crippen molar-refractivity contribution in [2.45, 2.75) is 52.4 Å². The Labute approximate surface area is 150 Å². The van der Waals surface area contributed by atoms with Gasteiger partial charge in [0.1, 0.15) is 0 Å². The second-order valence-corrected chi connectivity index (χ2v) is 8.13. The lowest BCUT2D eigenvalue weighted by molar-refractivity contribution is -0.146. The zero-order valence-electron chi connectivity index (χ0n) is 16.0. The maximum atomic E-state index is 12.5. The Balaban J connectivity index is 2.01. The normalized spacial score (nSPS) is 17.6. The lowest BCUT2D eigenvalue weighted by Gasteiger charge is -2.24. The van der Waals surface area contributed by atoms with Crippen LogP contribution in [0.15, 0.2) is 24.3 Å². The fourth-order valence-corrected chi connectivity index (χ4v) is 3.17. The molecule has 1 saturated heterocycles. The van der Waals surface area contributed by atoms with Crippen molar-refractivity contribution in [3.8, 4) is 0 Å².